The van der Waals surface area contributed by atoms with E-state index in [0.717, 1.165) is 5.56 Å². The minimum atomic E-state index is -0.642. The Labute approximate surface area is 123 Å². The van der Waals surface area contributed by atoms with E-state index < -0.39 is 18.2 Å². The molecule has 0 aromatic heterocycles. The minimum absolute atomic E-state index is 0.0775. The molecule has 3 atom stereocenters. The van der Waals surface area contributed by atoms with Gasteiger partial charge in [0.05, 0.1) is 0 Å². The third-order valence-corrected chi connectivity index (χ3v) is 4.04. The quantitative estimate of drug-likeness (QED) is 0.787. The van der Waals surface area contributed by atoms with E-state index in [-0.39, 0.29) is 11.9 Å². The molecule has 2 saturated heterocycles. The second-order valence-electron chi connectivity index (χ2n) is 5.73. The molecule has 0 saturated carbocycles. The molecule has 5 heteroatoms. The van der Waals surface area contributed by atoms with Gasteiger partial charge in [-0.2, -0.15) is 0 Å². The summed E-state index contributed by atoms with van der Waals surface area (Å²) < 4.78 is 17.0. The third kappa shape index (κ3) is 2.49. The molecule has 20 heavy (non-hydrogen) atoms. The molecule has 0 amide bonds. The van der Waals surface area contributed by atoms with Crippen molar-refractivity contribution < 1.29 is 19.0 Å². The highest BCUT2D eigenvalue weighted by Gasteiger charge is 2.50. The summed E-state index contributed by atoms with van der Waals surface area (Å²) in [5, 5.41) is 0.586. The molecule has 2 aliphatic rings. The van der Waals surface area contributed by atoms with Crippen LogP contribution in [0.2, 0.25) is 5.02 Å². The summed E-state index contributed by atoms with van der Waals surface area (Å²) in [6.45, 7) is 5.58. The van der Waals surface area contributed by atoms with Gasteiger partial charge in [0.2, 0.25) is 0 Å². The van der Waals surface area contributed by atoms with E-state index in [4.69, 9.17) is 25.8 Å². The number of rotatable bonds is 2. The first kappa shape index (κ1) is 14.0. The zero-order valence-electron chi connectivity index (χ0n) is 11.7. The molecule has 0 radical (unpaired) electrons. The Hall–Kier alpha value is -0.940. The van der Waals surface area contributed by atoms with Crippen molar-refractivity contribution in [3.05, 3.63) is 34.3 Å². The highest BCUT2D eigenvalue weighted by Crippen LogP contribution is 2.38. The summed E-state index contributed by atoms with van der Waals surface area (Å²) in [6.07, 6.45) is -0.655. The molecule has 0 spiro atoms. The number of aryl methyl sites for hydroxylation is 1. The van der Waals surface area contributed by atoms with Gasteiger partial charge in [0.15, 0.2) is 17.9 Å². The molecule has 108 valence electrons. The number of ketones is 1. The van der Waals surface area contributed by atoms with Gasteiger partial charge >= 0.3 is 0 Å². The third-order valence-electron chi connectivity index (χ3n) is 3.63. The van der Waals surface area contributed by atoms with Gasteiger partial charge in [-0.05, 0) is 32.4 Å². The average Bonchev–Trinajstić information content (AvgIpc) is 2.85. The van der Waals surface area contributed by atoms with E-state index in [0.29, 0.717) is 17.0 Å². The molecule has 3 unspecified atom stereocenters. The molecule has 3 rings (SSSR count). The predicted molar refractivity (Wildman–Crippen MR) is 73.8 cm³/mol. The van der Waals surface area contributed by atoms with Gasteiger partial charge in [-0.1, -0.05) is 23.7 Å². The van der Waals surface area contributed by atoms with Gasteiger partial charge in [0.25, 0.3) is 0 Å². The minimum Gasteiger partial charge on any atom is -0.342 e. The Kier molecular flexibility index (Phi) is 3.37. The summed E-state index contributed by atoms with van der Waals surface area (Å²) in [6, 6.07) is 5.29. The number of fused-ring (bicyclic) bond motifs is 1. The highest BCUT2D eigenvalue weighted by atomic mass is 35.5. The molecule has 0 bridgehead atoms. The Morgan fingerprint density at radius 3 is 2.75 bits per heavy atom. The zero-order valence-corrected chi connectivity index (χ0v) is 12.4. The SMILES string of the molecule is Cc1ccc(C(=O)C2CC3OC(C)(C)OC3O2)cc1Cl. The number of Topliss-reactive ketones (excluding diaryl/α,β-unsaturated/α-hetero) is 1. The average molecular weight is 297 g/mol. The van der Waals surface area contributed by atoms with Crippen LogP contribution in [0.25, 0.3) is 0 Å². The van der Waals surface area contributed by atoms with E-state index in [9.17, 15) is 4.79 Å². The van der Waals surface area contributed by atoms with Gasteiger partial charge in [-0.25, -0.2) is 0 Å². The number of hydrogen-bond acceptors (Lipinski definition) is 4. The van der Waals surface area contributed by atoms with Gasteiger partial charge in [-0.3, -0.25) is 4.79 Å². The number of hydrogen-bond donors (Lipinski definition) is 0. The first-order chi connectivity index (χ1) is 9.35. The Morgan fingerprint density at radius 1 is 1.35 bits per heavy atom. The van der Waals surface area contributed by atoms with Crippen molar-refractivity contribution in [3.8, 4) is 0 Å². The number of carbonyl (C=O) groups is 1. The number of carbonyl (C=O) groups excluding carboxylic acids is 1. The second-order valence-corrected chi connectivity index (χ2v) is 6.14. The van der Waals surface area contributed by atoms with Crippen molar-refractivity contribution >= 4 is 17.4 Å². The van der Waals surface area contributed by atoms with Crippen LogP contribution in [0.3, 0.4) is 0 Å². The van der Waals surface area contributed by atoms with E-state index in [1.54, 1.807) is 12.1 Å². The highest BCUT2D eigenvalue weighted by molar-refractivity contribution is 6.31. The summed E-state index contributed by atoms with van der Waals surface area (Å²) in [5.41, 5.74) is 1.51. The van der Waals surface area contributed by atoms with Gasteiger partial charge in [0, 0.05) is 17.0 Å². The van der Waals surface area contributed by atoms with Crippen LogP contribution in [0, 0.1) is 6.92 Å². The van der Waals surface area contributed by atoms with Crippen LogP contribution in [0.15, 0.2) is 18.2 Å². The lowest BCUT2D eigenvalue weighted by Gasteiger charge is -2.20. The van der Waals surface area contributed by atoms with Crippen LogP contribution in [-0.2, 0) is 14.2 Å². The van der Waals surface area contributed by atoms with Crippen molar-refractivity contribution in [3.63, 3.8) is 0 Å². The molecule has 0 aliphatic carbocycles. The topological polar surface area (TPSA) is 44.8 Å². The van der Waals surface area contributed by atoms with Crippen molar-refractivity contribution in [2.24, 2.45) is 0 Å². The Bertz CT molecular complexity index is 539. The maximum Gasteiger partial charge on any atom is 0.191 e. The van der Waals surface area contributed by atoms with Crippen molar-refractivity contribution in [2.45, 2.75) is 51.5 Å². The van der Waals surface area contributed by atoms with Crippen LogP contribution >= 0.6 is 11.6 Å². The van der Waals surface area contributed by atoms with Crippen LogP contribution in [0.5, 0.6) is 0 Å². The maximum atomic E-state index is 12.4. The first-order valence-electron chi connectivity index (χ1n) is 6.67. The largest absolute Gasteiger partial charge is 0.342 e. The van der Waals surface area contributed by atoms with E-state index in [2.05, 4.69) is 0 Å². The maximum absolute atomic E-state index is 12.4. The molecule has 1 aromatic carbocycles. The van der Waals surface area contributed by atoms with Crippen LogP contribution in [0.1, 0.15) is 36.2 Å². The van der Waals surface area contributed by atoms with Crippen molar-refractivity contribution in [1.82, 2.24) is 0 Å². The van der Waals surface area contributed by atoms with Crippen molar-refractivity contribution in [2.75, 3.05) is 0 Å². The Balaban J connectivity index is 1.73. The fraction of sp³-hybridized carbons (Fsp3) is 0.533. The lowest BCUT2D eigenvalue weighted by Crippen LogP contribution is -2.28. The van der Waals surface area contributed by atoms with Gasteiger partial charge in [0.1, 0.15) is 12.2 Å². The van der Waals surface area contributed by atoms with E-state index >= 15 is 0 Å². The lowest BCUT2D eigenvalue weighted by molar-refractivity contribution is -0.199. The van der Waals surface area contributed by atoms with Gasteiger partial charge < -0.3 is 14.2 Å². The second kappa shape index (κ2) is 4.81. The molecule has 2 fully saturated rings. The first-order valence-corrected chi connectivity index (χ1v) is 7.05. The smallest absolute Gasteiger partial charge is 0.191 e. The molecular weight excluding hydrogens is 280 g/mol. The van der Waals surface area contributed by atoms with Crippen LogP contribution in [0.4, 0.5) is 0 Å². The predicted octanol–water partition coefficient (Wildman–Crippen LogP) is 3.10. The number of ether oxygens (including phenoxy) is 3. The number of halogens is 1. The van der Waals surface area contributed by atoms with Gasteiger partial charge in [-0.15, -0.1) is 0 Å². The van der Waals surface area contributed by atoms with E-state index in [1.807, 2.05) is 26.8 Å². The zero-order chi connectivity index (χ0) is 14.5. The summed E-state index contributed by atoms with van der Waals surface area (Å²) in [7, 11) is 0. The molecule has 0 N–H and O–H groups in total. The molecule has 4 nitrogen and oxygen atoms in total. The molecular formula is C15H17ClO4. The molecule has 2 aliphatic heterocycles. The van der Waals surface area contributed by atoms with Crippen molar-refractivity contribution in [1.29, 1.82) is 0 Å². The standard InChI is InChI=1S/C15H17ClO4/c1-8-4-5-9(6-10(8)16)13(17)11-7-12-14(18-11)20-15(2,3)19-12/h4-6,11-12,14H,7H2,1-3H3. The van der Waals surface area contributed by atoms with Crippen LogP contribution < -0.4 is 0 Å². The lowest BCUT2D eigenvalue weighted by atomic mass is 10.0. The van der Waals surface area contributed by atoms with E-state index in [1.165, 1.54) is 0 Å². The van der Waals surface area contributed by atoms with Crippen LogP contribution in [-0.4, -0.2) is 30.1 Å². The molecule has 2 heterocycles. The fourth-order valence-corrected chi connectivity index (χ4v) is 2.79. The normalized spacial score (nSPS) is 31.3. The molecule has 1 aromatic rings. The number of benzene rings is 1. The Morgan fingerprint density at radius 2 is 2.10 bits per heavy atom. The monoisotopic (exact) mass is 296 g/mol. The summed E-state index contributed by atoms with van der Waals surface area (Å²) in [5.74, 6) is -0.720. The summed E-state index contributed by atoms with van der Waals surface area (Å²) >= 11 is 6.06. The summed E-state index contributed by atoms with van der Waals surface area (Å²) in [4.78, 5) is 12.4. The fourth-order valence-electron chi connectivity index (χ4n) is 2.61.